The van der Waals surface area contributed by atoms with Gasteiger partial charge in [0.25, 0.3) is 0 Å². The zero-order chi connectivity index (χ0) is 18.5. The Kier molecular flexibility index (Phi) is 6.06. The molecule has 1 atom stereocenters. The normalized spacial score (nSPS) is 15.3. The standard InChI is InChI=1S/C19H20ClN3O2S/c1-13(26-15-5-3-2-4-6-15)19(25)22-14-7-8-17(16(20)11-14)23-10-9-21-18(24)12-23/h2-8,11,13H,9-10,12H2,1H3,(H,21,24)(H,22,25). The van der Waals surface area contributed by atoms with Crippen LogP contribution in [0.15, 0.2) is 53.4 Å². The molecule has 26 heavy (non-hydrogen) atoms. The van der Waals surface area contributed by atoms with Crippen LogP contribution >= 0.6 is 23.4 Å². The summed E-state index contributed by atoms with van der Waals surface area (Å²) in [6.07, 6.45) is 0. The Morgan fingerprint density at radius 3 is 2.73 bits per heavy atom. The summed E-state index contributed by atoms with van der Waals surface area (Å²) in [5, 5.41) is 5.97. The van der Waals surface area contributed by atoms with Gasteiger partial charge < -0.3 is 15.5 Å². The SMILES string of the molecule is CC(Sc1ccccc1)C(=O)Nc1ccc(N2CCNC(=O)C2)c(Cl)c1. The van der Waals surface area contributed by atoms with Crippen molar-refractivity contribution in [3.8, 4) is 0 Å². The van der Waals surface area contributed by atoms with Gasteiger partial charge in [0.2, 0.25) is 11.8 Å². The summed E-state index contributed by atoms with van der Waals surface area (Å²) in [6.45, 7) is 3.47. The first-order valence-electron chi connectivity index (χ1n) is 8.36. The summed E-state index contributed by atoms with van der Waals surface area (Å²) in [6, 6.07) is 15.2. The lowest BCUT2D eigenvalue weighted by molar-refractivity contribution is -0.120. The van der Waals surface area contributed by atoms with E-state index >= 15 is 0 Å². The summed E-state index contributed by atoms with van der Waals surface area (Å²) in [4.78, 5) is 26.9. The molecule has 1 saturated heterocycles. The summed E-state index contributed by atoms with van der Waals surface area (Å²) in [7, 11) is 0. The Balaban J connectivity index is 1.63. The van der Waals surface area contributed by atoms with Crippen molar-refractivity contribution in [1.29, 1.82) is 0 Å². The van der Waals surface area contributed by atoms with Crippen molar-refractivity contribution in [3.63, 3.8) is 0 Å². The molecule has 0 aliphatic carbocycles. The molecule has 0 spiro atoms. The molecule has 7 heteroatoms. The average molecular weight is 390 g/mol. The van der Waals surface area contributed by atoms with Crippen LogP contribution in [0, 0.1) is 0 Å². The first-order chi connectivity index (χ1) is 12.5. The van der Waals surface area contributed by atoms with Crippen LogP contribution in [0.4, 0.5) is 11.4 Å². The number of piperazine rings is 1. The van der Waals surface area contributed by atoms with Crippen LogP contribution in [-0.2, 0) is 9.59 Å². The van der Waals surface area contributed by atoms with Gasteiger partial charge in [-0.05, 0) is 37.3 Å². The minimum absolute atomic E-state index is 0.0172. The number of amides is 2. The van der Waals surface area contributed by atoms with Crippen LogP contribution in [0.1, 0.15) is 6.92 Å². The van der Waals surface area contributed by atoms with E-state index in [0.717, 1.165) is 10.6 Å². The average Bonchev–Trinajstić information content (AvgIpc) is 2.62. The third-order valence-electron chi connectivity index (χ3n) is 4.02. The number of nitrogens with zero attached hydrogens (tertiary/aromatic N) is 1. The van der Waals surface area contributed by atoms with E-state index in [-0.39, 0.29) is 23.6 Å². The Labute approximate surface area is 162 Å². The smallest absolute Gasteiger partial charge is 0.239 e. The Morgan fingerprint density at radius 2 is 2.04 bits per heavy atom. The maximum absolute atomic E-state index is 12.4. The predicted octanol–water partition coefficient (Wildman–Crippen LogP) is 3.40. The zero-order valence-corrected chi connectivity index (χ0v) is 15.9. The van der Waals surface area contributed by atoms with Crippen LogP contribution < -0.4 is 15.5 Å². The molecule has 2 N–H and O–H groups in total. The molecule has 1 unspecified atom stereocenters. The zero-order valence-electron chi connectivity index (χ0n) is 14.4. The first-order valence-corrected chi connectivity index (χ1v) is 9.62. The van der Waals surface area contributed by atoms with Crippen LogP contribution in [0.2, 0.25) is 5.02 Å². The molecule has 1 heterocycles. The number of carbonyl (C=O) groups excluding carboxylic acids is 2. The topological polar surface area (TPSA) is 61.4 Å². The second-order valence-electron chi connectivity index (χ2n) is 6.00. The summed E-state index contributed by atoms with van der Waals surface area (Å²) < 4.78 is 0. The van der Waals surface area contributed by atoms with Gasteiger partial charge in [-0.15, -0.1) is 11.8 Å². The quantitative estimate of drug-likeness (QED) is 0.769. The molecule has 136 valence electrons. The molecule has 0 aromatic heterocycles. The maximum Gasteiger partial charge on any atom is 0.239 e. The predicted molar refractivity (Wildman–Crippen MR) is 107 cm³/mol. The van der Waals surface area contributed by atoms with Crippen molar-refractivity contribution in [2.75, 3.05) is 29.9 Å². The lowest BCUT2D eigenvalue weighted by atomic mass is 10.2. The van der Waals surface area contributed by atoms with E-state index in [9.17, 15) is 9.59 Å². The number of hydrogen-bond acceptors (Lipinski definition) is 4. The fourth-order valence-corrected chi connectivity index (χ4v) is 3.87. The Hall–Kier alpha value is -2.18. The van der Waals surface area contributed by atoms with E-state index in [1.54, 1.807) is 6.07 Å². The van der Waals surface area contributed by atoms with Crippen molar-refractivity contribution in [3.05, 3.63) is 53.6 Å². The molecule has 5 nitrogen and oxygen atoms in total. The van der Waals surface area contributed by atoms with Gasteiger partial charge in [0.1, 0.15) is 0 Å². The second kappa shape index (κ2) is 8.47. The maximum atomic E-state index is 12.4. The van der Waals surface area contributed by atoms with Gasteiger partial charge in [-0.3, -0.25) is 9.59 Å². The fraction of sp³-hybridized carbons (Fsp3) is 0.263. The van der Waals surface area contributed by atoms with Gasteiger partial charge in [-0.1, -0.05) is 29.8 Å². The highest BCUT2D eigenvalue weighted by Crippen LogP contribution is 2.30. The third kappa shape index (κ3) is 4.71. The minimum atomic E-state index is -0.235. The molecule has 2 aromatic rings. The molecule has 2 aromatic carbocycles. The molecule has 1 aliphatic rings. The Bertz CT molecular complexity index is 801. The van der Waals surface area contributed by atoms with E-state index in [4.69, 9.17) is 11.6 Å². The number of benzene rings is 2. The number of carbonyl (C=O) groups is 2. The molecule has 3 rings (SSSR count). The number of hydrogen-bond donors (Lipinski definition) is 2. The lowest BCUT2D eigenvalue weighted by Crippen LogP contribution is -2.47. The highest BCUT2D eigenvalue weighted by molar-refractivity contribution is 8.00. The van der Waals surface area contributed by atoms with Crippen molar-refractivity contribution in [1.82, 2.24) is 5.32 Å². The summed E-state index contributed by atoms with van der Waals surface area (Å²) >= 11 is 7.88. The highest BCUT2D eigenvalue weighted by atomic mass is 35.5. The molecular weight excluding hydrogens is 370 g/mol. The van der Waals surface area contributed by atoms with E-state index in [1.807, 2.05) is 54.3 Å². The molecular formula is C19H20ClN3O2S. The number of halogens is 1. The molecule has 2 amide bonds. The van der Waals surface area contributed by atoms with Gasteiger partial charge in [0.05, 0.1) is 22.5 Å². The summed E-state index contributed by atoms with van der Waals surface area (Å²) in [5.74, 6) is -0.100. The Morgan fingerprint density at radius 1 is 1.27 bits per heavy atom. The van der Waals surface area contributed by atoms with E-state index < -0.39 is 0 Å². The summed E-state index contributed by atoms with van der Waals surface area (Å²) in [5.41, 5.74) is 1.44. The van der Waals surface area contributed by atoms with Gasteiger partial charge in [-0.25, -0.2) is 0 Å². The molecule has 0 bridgehead atoms. The van der Waals surface area contributed by atoms with Crippen LogP contribution in [0.5, 0.6) is 0 Å². The van der Waals surface area contributed by atoms with Gasteiger partial charge >= 0.3 is 0 Å². The van der Waals surface area contributed by atoms with Crippen molar-refractivity contribution in [2.45, 2.75) is 17.1 Å². The monoisotopic (exact) mass is 389 g/mol. The van der Waals surface area contributed by atoms with E-state index in [2.05, 4.69) is 10.6 Å². The molecule has 1 aliphatic heterocycles. The third-order valence-corrected chi connectivity index (χ3v) is 5.43. The van der Waals surface area contributed by atoms with E-state index in [0.29, 0.717) is 23.8 Å². The first kappa shape index (κ1) is 18.6. The largest absolute Gasteiger partial charge is 0.359 e. The molecule has 0 saturated carbocycles. The van der Waals surface area contributed by atoms with Crippen molar-refractivity contribution in [2.24, 2.45) is 0 Å². The van der Waals surface area contributed by atoms with Gasteiger partial charge in [-0.2, -0.15) is 0 Å². The van der Waals surface area contributed by atoms with Crippen molar-refractivity contribution >= 4 is 46.6 Å². The number of thioether (sulfide) groups is 1. The highest BCUT2D eigenvalue weighted by Gasteiger charge is 2.19. The van der Waals surface area contributed by atoms with Crippen LogP contribution in [0.3, 0.4) is 0 Å². The number of rotatable bonds is 5. The number of nitrogens with one attached hydrogen (secondary N) is 2. The van der Waals surface area contributed by atoms with Gasteiger partial charge in [0.15, 0.2) is 0 Å². The molecule has 0 radical (unpaired) electrons. The van der Waals surface area contributed by atoms with Crippen LogP contribution in [0.25, 0.3) is 0 Å². The molecule has 1 fully saturated rings. The van der Waals surface area contributed by atoms with Crippen LogP contribution in [-0.4, -0.2) is 36.7 Å². The second-order valence-corrected chi connectivity index (χ2v) is 7.82. The van der Waals surface area contributed by atoms with Gasteiger partial charge in [0, 0.05) is 23.7 Å². The minimum Gasteiger partial charge on any atom is -0.359 e. The number of anilines is 2. The van der Waals surface area contributed by atoms with E-state index in [1.165, 1.54) is 11.8 Å². The fourth-order valence-electron chi connectivity index (χ4n) is 2.69. The lowest BCUT2D eigenvalue weighted by Gasteiger charge is -2.29. The van der Waals surface area contributed by atoms with Crippen molar-refractivity contribution < 1.29 is 9.59 Å².